The molecule has 0 saturated heterocycles. The van der Waals surface area contributed by atoms with Crippen LogP contribution in [-0.2, 0) is 0 Å². The van der Waals surface area contributed by atoms with Crippen LogP contribution in [-0.4, -0.2) is 13.3 Å². The zero-order valence-corrected chi connectivity index (χ0v) is 7.57. The predicted molar refractivity (Wildman–Crippen MR) is 57.5 cm³/mol. The fraction of sp³-hybridized carbons (Fsp3) is 0.0833. The van der Waals surface area contributed by atoms with E-state index in [2.05, 4.69) is 47.5 Å². The second-order valence-electron chi connectivity index (χ2n) is 2.99. The van der Waals surface area contributed by atoms with Gasteiger partial charge in [0.1, 0.15) is 0 Å². The van der Waals surface area contributed by atoms with Crippen LogP contribution in [0.3, 0.4) is 0 Å². The van der Waals surface area contributed by atoms with Crippen molar-refractivity contribution in [2.45, 2.75) is 0 Å². The first-order valence-corrected chi connectivity index (χ1v) is 4.31. The number of nitrogens with zero attached hydrogens (tertiary/aromatic N) is 1. The fourth-order valence-electron chi connectivity index (χ4n) is 1.44. The summed E-state index contributed by atoms with van der Waals surface area (Å²) >= 11 is 0. The zero-order valence-electron chi connectivity index (χ0n) is 7.57. The van der Waals surface area contributed by atoms with E-state index in [0.717, 1.165) is 5.56 Å². The number of hydrogen-bond donors (Lipinski definition) is 0. The van der Waals surface area contributed by atoms with Crippen LogP contribution in [0, 0.1) is 0 Å². The molecule has 0 aliphatic carbocycles. The molecule has 1 heteroatoms. The monoisotopic (exact) mass is 169 g/mol. The molecule has 2 aromatic carbocycles. The molecule has 0 bridgehead atoms. The van der Waals surface area contributed by atoms with E-state index in [1.807, 2.05) is 6.21 Å². The van der Waals surface area contributed by atoms with Gasteiger partial charge in [-0.15, -0.1) is 0 Å². The molecule has 13 heavy (non-hydrogen) atoms. The van der Waals surface area contributed by atoms with Crippen molar-refractivity contribution in [2.75, 3.05) is 7.05 Å². The van der Waals surface area contributed by atoms with Crippen LogP contribution in [0.15, 0.2) is 47.5 Å². The number of aliphatic imine (C=N–C) groups is 1. The summed E-state index contributed by atoms with van der Waals surface area (Å²) in [7, 11) is 1.79. The summed E-state index contributed by atoms with van der Waals surface area (Å²) in [6.07, 6.45) is 1.87. The molecule has 1 nitrogen and oxygen atoms in total. The van der Waals surface area contributed by atoms with Gasteiger partial charge in [-0.3, -0.25) is 4.99 Å². The van der Waals surface area contributed by atoms with Gasteiger partial charge in [-0.2, -0.15) is 0 Å². The Hall–Kier alpha value is -1.63. The molecule has 0 aromatic heterocycles. The van der Waals surface area contributed by atoms with E-state index in [0.29, 0.717) is 0 Å². The standard InChI is InChI=1S/C12H11N/c1-13-9-10-6-7-11-4-2-3-5-12(11)8-10/h2-9H,1H3. The lowest BCUT2D eigenvalue weighted by Gasteiger charge is -1.97. The predicted octanol–water partition coefficient (Wildman–Crippen LogP) is 2.89. The van der Waals surface area contributed by atoms with Crippen molar-refractivity contribution in [3.05, 3.63) is 48.0 Å². The van der Waals surface area contributed by atoms with Gasteiger partial charge >= 0.3 is 0 Å². The number of rotatable bonds is 1. The van der Waals surface area contributed by atoms with Gasteiger partial charge in [0.2, 0.25) is 0 Å². The van der Waals surface area contributed by atoms with E-state index in [-0.39, 0.29) is 0 Å². The second-order valence-corrected chi connectivity index (χ2v) is 2.99. The quantitative estimate of drug-likeness (QED) is 0.582. The van der Waals surface area contributed by atoms with Crippen molar-refractivity contribution in [1.29, 1.82) is 0 Å². The Morgan fingerprint density at radius 3 is 2.54 bits per heavy atom. The highest BCUT2D eigenvalue weighted by Gasteiger charge is 1.91. The molecule has 2 rings (SSSR count). The van der Waals surface area contributed by atoms with Gasteiger partial charge in [0.25, 0.3) is 0 Å². The summed E-state index contributed by atoms with van der Waals surface area (Å²) in [6, 6.07) is 14.7. The van der Waals surface area contributed by atoms with E-state index in [1.54, 1.807) is 7.05 Å². The molecule has 0 saturated carbocycles. The molecule has 0 aliphatic rings. The Morgan fingerprint density at radius 1 is 1.00 bits per heavy atom. The molecule has 0 heterocycles. The normalized spacial score (nSPS) is 11.2. The maximum Gasteiger partial charge on any atom is 0.0281 e. The van der Waals surface area contributed by atoms with Gasteiger partial charge in [-0.05, 0) is 22.4 Å². The summed E-state index contributed by atoms with van der Waals surface area (Å²) < 4.78 is 0. The Balaban J connectivity index is 2.62. The molecular weight excluding hydrogens is 158 g/mol. The van der Waals surface area contributed by atoms with Gasteiger partial charge in [0.15, 0.2) is 0 Å². The van der Waals surface area contributed by atoms with Gasteiger partial charge < -0.3 is 0 Å². The van der Waals surface area contributed by atoms with Crippen LogP contribution in [0.2, 0.25) is 0 Å². The molecule has 2 aromatic rings. The van der Waals surface area contributed by atoms with Crippen molar-refractivity contribution in [3.8, 4) is 0 Å². The minimum atomic E-state index is 1.15. The van der Waals surface area contributed by atoms with Crippen LogP contribution in [0.25, 0.3) is 10.8 Å². The lowest BCUT2D eigenvalue weighted by Crippen LogP contribution is -1.80. The molecule has 0 amide bonds. The van der Waals surface area contributed by atoms with E-state index in [1.165, 1.54) is 10.8 Å². The van der Waals surface area contributed by atoms with Crippen molar-refractivity contribution < 1.29 is 0 Å². The van der Waals surface area contributed by atoms with E-state index in [9.17, 15) is 0 Å². The Morgan fingerprint density at radius 2 is 1.77 bits per heavy atom. The largest absolute Gasteiger partial charge is 0.296 e. The smallest absolute Gasteiger partial charge is 0.0281 e. The average Bonchev–Trinajstić information content (AvgIpc) is 2.18. The van der Waals surface area contributed by atoms with E-state index < -0.39 is 0 Å². The maximum absolute atomic E-state index is 3.99. The van der Waals surface area contributed by atoms with Gasteiger partial charge in [-0.1, -0.05) is 36.4 Å². The first-order chi connectivity index (χ1) is 6.40. The third kappa shape index (κ3) is 1.59. The Bertz CT molecular complexity index is 444. The topological polar surface area (TPSA) is 12.4 Å². The van der Waals surface area contributed by atoms with Gasteiger partial charge in [-0.25, -0.2) is 0 Å². The highest BCUT2D eigenvalue weighted by Crippen LogP contribution is 2.14. The maximum atomic E-state index is 3.99. The highest BCUT2D eigenvalue weighted by atomic mass is 14.6. The molecule has 0 fully saturated rings. The molecule has 0 radical (unpaired) electrons. The summed E-state index contributed by atoms with van der Waals surface area (Å²) in [5.41, 5.74) is 1.15. The number of fused-ring (bicyclic) bond motifs is 1. The molecule has 0 atom stereocenters. The van der Waals surface area contributed by atoms with Crippen LogP contribution >= 0.6 is 0 Å². The van der Waals surface area contributed by atoms with Crippen LogP contribution in [0.5, 0.6) is 0 Å². The van der Waals surface area contributed by atoms with Crippen molar-refractivity contribution in [1.82, 2.24) is 0 Å². The first-order valence-electron chi connectivity index (χ1n) is 4.31. The Labute approximate surface area is 77.7 Å². The SMILES string of the molecule is CN=Cc1ccc2ccccc2c1. The average molecular weight is 169 g/mol. The van der Waals surface area contributed by atoms with Crippen LogP contribution < -0.4 is 0 Å². The fourth-order valence-corrected chi connectivity index (χ4v) is 1.44. The number of benzene rings is 2. The summed E-state index contributed by atoms with van der Waals surface area (Å²) in [4.78, 5) is 3.99. The third-order valence-electron chi connectivity index (χ3n) is 2.05. The number of hydrogen-bond acceptors (Lipinski definition) is 1. The van der Waals surface area contributed by atoms with E-state index >= 15 is 0 Å². The lowest BCUT2D eigenvalue weighted by molar-refractivity contribution is 1.46. The lowest BCUT2D eigenvalue weighted by atomic mass is 10.1. The van der Waals surface area contributed by atoms with Crippen molar-refractivity contribution >= 4 is 17.0 Å². The van der Waals surface area contributed by atoms with Gasteiger partial charge in [0, 0.05) is 13.3 Å². The molecule has 0 unspecified atom stereocenters. The van der Waals surface area contributed by atoms with Crippen molar-refractivity contribution in [3.63, 3.8) is 0 Å². The summed E-state index contributed by atoms with van der Waals surface area (Å²) in [5.74, 6) is 0. The molecule has 64 valence electrons. The first kappa shape index (κ1) is 7.99. The third-order valence-corrected chi connectivity index (χ3v) is 2.05. The summed E-state index contributed by atoms with van der Waals surface area (Å²) in [5, 5.41) is 2.54. The molecule has 0 spiro atoms. The van der Waals surface area contributed by atoms with E-state index in [4.69, 9.17) is 0 Å². The van der Waals surface area contributed by atoms with Crippen LogP contribution in [0.1, 0.15) is 5.56 Å². The summed E-state index contributed by atoms with van der Waals surface area (Å²) in [6.45, 7) is 0. The molecule has 0 aliphatic heterocycles. The second kappa shape index (κ2) is 3.40. The Kier molecular flexibility index (Phi) is 2.09. The minimum Gasteiger partial charge on any atom is -0.296 e. The van der Waals surface area contributed by atoms with Crippen molar-refractivity contribution in [2.24, 2.45) is 4.99 Å². The minimum absolute atomic E-state index is 1.15. The highest BCUT2D eigenvalue weighted by molar-refractivity contribution is 5.90. The van der Waals surface area contributed by atoms with Gasteiger partial charge in [0.05, 0.1) is 0 Å². The zero-order chi connectivity index (χ0) is 9.10. The van der Waals surface area contributed by atoms with Crippen LogP contribution in [0.4, 0.5) is 0 Å². The molecule has 0 N–H and O–H groups in total. The molecular formula is C12H11N.